The number of imidazole rings is 1. The molecule has 2 aromatic heterocycles. The highest BCUT2D eigenvalue weighted by atomic mass is 16.5. The van der Waals surface area contributed by atoms with E-state index in [0.717, 1.165) is 36.4 Å². The molecule has 1 aliphatic heterocycles. The summed E-state index contributed by atoms with van der Waals surface area (Å²) in [5.41, 5.74) is 3.29. The van der Waals surface area contributed by atoms with Crippen molar-refractivity contribution in [2.24, 2.45) is 5.92 Å². The molecule has 1 aliphatic rings. The van der Waals surface area contributed by atoms with E-state index in [1.807, 2.05) is 28.8 Å². The Kier molecular flexibility index (Phi) is 4.00. The molecule has 124 valence electrons. The fourth-order valence-corrected chi connectivity index (χ4v) is 2.95. The number of hydrogen-bond acceptors (Lipinski definition) is 4. The minimum Gasteiger partial charge on any atom is -0.381 e. The highest BCUT2D eigenvalue weighted by Crippen LogP contribution is 2.14. The number of ether oxygens (including phenoxy) is 1. The molecule has 4 rings (SSSR count). The van der Waals surface area contributed by atoms with Crippen molar-refractivity contribution < 1.29 is 9.53 Å². The summed E-state index contributed by atoms with van der Waals surface area (Å²) < 4.78 is 7.34. The normalized spacial score (nSPS) is 17.4. The number of para-hydroxylation sites is 2. The summed E-state index contributed by atoms with van der Waals surface area (Å²) >= 11 is 0. The zero-order valence-corrected chi connectivity index (χ0v) is 13.2. The standard InChI is InChI=1S/C17H19N5O2/c23-17(18-8-12-5-6-24-10-12)15-7-13(20-21-15)9-22-11-19-14-3-1-2-4-16(14)22/h1-4,7,11-12H,5-6,8-10H2,(H,18,23)(H,20,21)/t12-/m1/s1. The first-order chi connectivity index (χ1) is 11.8. The van der Waals surface area contributed by atoms with Crippen molar-refractivity contribution in [3.8, 4) is 0 Å². The number of aromatic amines is 1. The third-order valence-corrected chi connectivity index (χ3v) is 4.31. The predicted molar refractivity (Wildman–Crippen MR) is 88.7 cm³/mol. The van der Waals surface area contributed by atoms with Gasteiger partial charge < -0.3 is 14.6 Å². The fraction of sp³-hybridized carbons (Fsp3) is 0.353. The second-order valence-corrected chi connectivity index (χ2v) is 6.08. The molecule has 0 bridgehead atoms. The molecular weight excluding hydrogens is 306 g/mol. The largest absolute Gasteiger partial charge is 0.381 e. The van der Waals surface area contributed by atoms with Crippen LogP contribution in [0.5, 0.6) is 0 Å². The van der Waals surface area contributed by atoms with E-state index in [9.17, 15) is 4.79 Å². The van der Waals surface area contributed by atoms with Crippen LogP contribution < -0.4 is 5.32 Å². The summed E-state index contributed by atoms with van der Waals surface area (Å²) in [5.74, 6) is 0.254. The van der Waals surface area contributed by atoms with Crippen LogP contribution in [-0.2, 0) is 11.3 Å². The number of hydrogen-bond donors (Lipinski definition) is 2. The highest BCUT2D eigenvalue weighted by Gasteiger charge is 2.18. The summed E-state index contributed by atoms with van der Waals surface area (Å²) in [6.07, 6.45) is 2.80. The van der Waals surface area contributed by atoms with Crippen LogP contribution in [0.15, 0.2) is 36.7 Å². The van der Waals surface area contributed by atoms with Gasteiger partial charge in [-0.25, -0.2) is 4.98 Å². The van der Waals surface area contributed by atoms with E-state index >= 15 is 0 Å². The first-order valence-electron chi connectivity index (χ1n) is 8.10. The average molecular weight is 325 g/mol. The SMILES string of the molecule is O=C(NC[C@H]1CCOC1)c1cc(Cn2cnc3ccccc32)[nH]n1. The summed E-state index contributed by atoms with van der Waals surface area (Å²) in [6.45, 7) is 2.73. The smallest absolute Gasteiger partial charge is 0.271 e. The Morgan fingerprint density at radius 1 is 1.42 bits per heavy atom. The van der Waals surface area contributed by atoms with Crippen molar-refractivity contribution in [3.63, 3.8) is 0 Å². The Labute approximate surface area is 139 Å². The lowest BCUT2D eigenvalue weighted by Crippen LogP contribution is -2.29. The molecule has 1 fully saturated rings. The molecule has 3 aromatic rings. The van der Waals surface area contributed by atoms with Crippen molar-refractivity contribution in [2.75, 3.05) is 19.8 Å². The maximum absolute atomic E-state index is 12.2. The molecule has 1 saturated heterocycles. The molecule has 24 heavy (non-hydrogen) atoms. The van der Waals surface area contributed by atoms with E-state index in [4.69, 9.17) is 4.74 Å². The zero-order valence-electron chi connectivity index (χ0n) is 13.2. The number of nitrogens with one attached hydrogen (secondary N) is 2. The maximum Gasteiger partial charge on any atom is 0.271 e. The van der Waals surface area contributed by atoms with Crippen molar-refractivity contribution in [2.45, 2.75) is 13.0 Å². The van der Waals surface area contributed by atoms with Gasteiger partial charge in [-0.1, -0.05) is 12.1 Å². The zero-order chi connectivity index (χ0) is 16.4. The molecule has 1 amide bonds. The number of nitrogens with zero attached hydrogens (tertiary/aromatic N) is 3. The Bertz CT molecular complexity index is 847. The summed E-state index contributed by atoms with van der Waals surface area (Å²) in [4.78, 5) is 16.5. The number of H-pyrrole nitrogens is 1. The Balaban J connectivity index is 1.41. The molecule has 7 heteroatoms. The summed E-state index contributed by atoms with van der Waals surface area (Å²) in [7, 11) is 0. The number of benzene rings is 1. The van der Waals surface area contributed by atoms with E-state index in [1.54, 1.807) is 12.4 Å². The topological polar surface area (TPSA) is 84.8 Å². The van der Waals surface area contributed by atoms with E-state index in [-0.39, 0.29) is 5.91 Å². The number of carbonyl (C=O) groups excluding carboxylic acids is 1. The van der Waals surface area contributed by atoms with Crippen LogP contribution in [0.1, 0.15) is 22.6 Å². The van der Waals surface area contributed by atoms with Crippen LogP contribution in [0, 0.1) is 5.92 Å². The summed E-state index contributed by atoms with van der Waals surface area (Å²) in [6, 6.07) is 9.74. The lowest BCUT2D eigenvalue weighted by molar-refractivity contribution is 0.0940. The van der Waals surface area contributed by atoms with Crippen LogP contribution in [0.2, 0.25) is 0 Å². The van der Waals surface area contributed by atoms with Crippen LogP contribution in [-0.4, -0.2) is 45.4 Å². The first-order valence-corrected chi connectivity index (χ1v) is 8.10. The number of fused-ring (bicyclic) bond motifs is 1. The van der Waals surface area contributed by atoms with E-state index in [0.29, 0.717) is 24.7 Å². The predicted octanol–water partition coefficient (Wildman–Crippen LogP) is 1.57. The van der Waals surface area contributed by atoms with Crippen LogP contribution in [0.3, 0.4) is 0 Å². The lowest BCUT2D eigenvalue weighted by Gasteiger charge is -2.07. The van der Waals surface area contributed by atoms with Crippen LogP contribution in [0.25, 0.3) is 11.0 Å². The van der Waals surface area contributed by atoms with Gasteiger partial charge in [0, 0.05) is 19.1 Å². The lowest BCUT2D eigenvalue weighted by atomic mass is 10.1. The van der Waals surface area contributed by atoms with Crippen LogP contribution >= 0.6 is 0 Å². The van der Waals surface area contributed by atoms with Crippen molar-refractivity contribution in [1.29, 1.82) is 0 Å². The van der Waals surface area contributed by atoms with Gasteiger partial charge in [0.25, 0.3) is 5.91 Å². The second-order valence-electron chi connectivity index (χ2n) is 6.08. The molecule has 7 nitrogen and oxygen atoms in total. The van der Waals surface area contributed by atoms with Gasteiger partial charge in [-0.15, -0.1) is 0 Å². The Hall–Kier alpha value is -2.67. The van der Waals surface area contributed by atoms with Gasteiger partial charge in [0.05, 0.1) is 36.2 Å². The monoisotopic (exact) mass is 325 g/mol. The third kappa shape index (κ3) is 3.03. The fourth-order valence-electron chi connectivity index (χ4n) is 2.95. The van der Waals surface area contributed by atoms with Crippen molar-refractivity contribution >= 4 is 16.9 Å². The molecule has 2 N–H and O–H groups in total. The van der Waals surface area contributed by atoms with Gasteiger partial charge in [-0.3, -0.25) is 9.89 Å². The molecule has 3 heterocycles. The Morgan fingerprint density at radius 2 is 2.33 bits per heavy atom. The van der Waals surface area contributed by atoms with Crippen LogP contribution in [0.4, 0.5) is 0 Å². The van der Waals surface area contributed by atoms with Gasteiger partial charge >= 0.3 is 0 Å². The molecule has 0 aliphatic carbocycles. The first kappa shape index (κ1) is 14.9. The molecule has 0 spiro atoms. The van der Waals surface area contributed by atoms with E-state index < -0.39 is 0 Å². The third-order valence-electron chi connectivity index (χ3n) is 4.31. The molecule has 0 unspecified atom stereocenters. The van der Waals surface area contributed by atoms with Crippen molar-refractivity contribution in [3.05, 3.63) is 48.0 Å². The van der Waals surface area contributed by atoms with E-state index in [2.05, 4.69) is 20.5 Å². The summed E-state index contributed by atoms with van der Waals surface area (Å²) in [5, 5.41) is 9.98. The van der Waals surface area contributed by atoms with Gasteiger partial charge in [-0.05, 0) is 24.6 Å². The number of carbonyl (C=O) groups is 1. The Morgan fingerprint density at radius 3 is 3.21 bits per heavy atom. The average Bonchev–Trinajstić information content (AvgIpc) is 3.35. The van der Waals surface area contributed by atoms with Gasteiger partial charge in [0.2, 0.25) is 0 Å². The number of aromatic nitrogens is 4. The quantitative estimate of drug-likeness (QED) is 0.746. The van der Waals surface area contributed by atoms with Gasteiger partial charge in [0.1, 0.15) is 5.69 Å². The second kappa shape index (κ2) is 6.45. The molecular formula is C17H19N5O2. The van der Waals surface area contributed by atoms with Crippen molar-refractivity contribution in [1.82, 2.24) is 25.1 Å². The van der Waals surface area contributed by atoms with E-state index in [1.165, 1.54) is 0 Å². The molecule has 0 saturated carbocycles. The maximum atomic E-state index is 12.2. The number of rotatable bonds is 5. The molecule has 0 radical (unpaired) electrons. The minimum atomic E-state index is -0.153. The van der Waals surface area contributed by atoms with Gasteiger partial charge in [0.15, 0.2) is 0 Å². The highest BCUT2D eigenvalue weighted by molar-refractivity contribution is 5.92. The molecule has 1 aromatic carbocycles. The molecule has 1 atom stereocenters. The number of amides is 1. The van der Waals surface area contributed by atoms with Gasteiger partial charge in [-0.2, -0.15) is 5.10 Å². The minimum absolute atomic E-state index is 0.153.